The van der Waals surface area contributed by atoms with Crippen molar-refractivity contribution in [3.05, 3.63) is 28.3 Å². The maximum absolute atomic E-state index is 12.2. The Balaban J connectivity index is 1.72. The maximum Gasteiger partial charge on any atom is 0.410 e. The molecular formula is C17H23N5O4. The third-order valence-corrected chi connectivity index (χ3v) is 4.36. The first-order valence-electron chi connectivity index (χ1n) is 8.49. The Morgan fingerprint density at radius 1 is 1.46 bits per heavy atom. The number of fused-ring (bicyclic) bond motifs is 1. The van der Waals surface area contributed by atoms with Crippen LogP contribution in [-0.4, -0.2) is 57.7 Å². The van der Waals surface area contributed by atoms with Crippen LogP contribution in [0.3, 0.4) is 0 Å². The molecule has 0 aliphatic carbocycles. The van der Waals surface area contributed by atoms with E-state index in [1.807, 2.05) is 32.7 Å². The summed E-state index contributed by atoms with van der Waals surface area (Å²) in [6, 6.07) is 4.63. The lowest BCUT2D eigenvalue weighted by atomic mass is 10.2. The van der Waals surface area contributed by atoms with Gasteiger partial charge in [0.1, 0.15) is 5.60 Å². The van der Waals surface area contributed by atoms with Crippen LogP contribution in [0.25, 0.3) is 11.0 Å². The van der Waals surface area contributed by atoms with Gasteiger partial charge in [0, 0.05) is 32.3 Å². The quantitative estimate of drug-likeness (QED) is 0.666. The molecule has 1 aliphatic rings. The number of nitrogens with one attached hydrogen (secondary N) is 1. The van der Waals surface area contributed by atoms with E-state index in [1.54, 1.807) is 11.0 Å². The Bertz CT molecular complexity index is 841. The third-order valence-electron chi connectivity index (χ3n) is 4.36. The topological polar surface area (TPSA) is 105 Å². The van der Waals surface area contributed by atoms with E-state index >= 15 is 0 Å². The van der Waals surface area contributed by atoms with Crippen molar-refractivity contribution in [2.24, 2.45) is 0 Å². The second-order valence-corrected chi connectivity index (χ2v) is 7.50. The minimum absolute atomic E-state index is 0.0207. The van der Waals surface area contributed by atoms with Gasteiger partial charge in [-0.05, 0) is 33.3 Å². The number of non-ortho nitro benzene ring substituents is 1. The van der Waals surface area contributed by atoms with Gasteiger partial charge in [-0.25, -0.2) is 9.78 Å². The number of aromatic nitrogens is 2. The number of hydrogen-bond donors (Lipinski definition) is 1. The van der Waals surface area contributed by atoms with Crippen LogP contribution in [-0.2, 0) is 4.74 Å². The summed E-state index contributed by atoms with van der Waals surface area (Å²) in [4.78, 5) is 34.0. The highest BCUT2D eigenvalue weighted by molar-refractivity contribution is 5.80. The van der Waals surface area contributed by atoms with E-state index < -0.39 is 10.5 Å². The molecule has 9 nitrogen and oxygen atoms in total. The normalized spacial score (nSPS) is 17.5. The molecule has 9 heteroatoms. The molecule has 140 valence electrons. The fraction of sp³-hybridized carbons (Fsp3) is 0.529. The molecule has 1 atom stereocenters. The van der Waals surface area contributed by atoms with Gasteiger partial charge in [-0.3, -0.25) is 10.1 Å². The lowest BCUT2D eigenvalue weighted by Crippen LogP contribution is -2.39. The first-order valence-corrected chi connectivity index (χ1v) is 8.49. The summed E-state index contributed by atoms with van der Waals surface area (Å²) in [7, 11) is 1.90. The Morgan fingerprint density at radius 2 is 2.19 bits per heavy atom. The van der Waals surface area contributed by atoms with Gasteiger partial charge >= 0.3 is 6.09 Å². The molecule has 0 bridgehead atoms. The number of amides is 1. The molecule has 0 spiro atoms. The molecule has 2 aromatic rings. The molecule has 26 heavy (non-hydrogen) atoms. The van der Waals surface area contributed by atoms with E-state index in [1.165, 1.54) is 12.1 Å². The average molecular weight is 361 g/mol. The lowest BCUT2D eigenvalue weighted by Gasteiger charge is -2.26. The van der Waals surface area contributed by atoms with E-state index in [-0.39, 0.29) is 17.8 Å². The van der Waals surface area contributed by atoms with Crippen molar-refractivity contribution in [2.75, 3.05) is 25.0 Å². The van der Waals surface area contributed by atoms with Gasteiger partial charge in [0.05, 0.1) is 22.0 Å². The van der Waals surface area contributed by atoms with Gasteiger partial charge in [-0.2, -0.15) is 0 Å². The van der Waals surface area contributed by atoms with Gasteiger partial charge in [0.15, 0.2) is 0 Å². The summed E-state index contributed by atoms with van der Waals surface area (Å²) < 4.78 is 5.42. The molecule has 1 N–H and O–H groups in total. The van der Waals surface area contributed by atoms with Crippen molar-refractivity contribution in [1.82, 2.24) is 14.9 Å². The molecule has 1 saturated heterocycles. The fourth-order valence-electron chi connectivity index (χ4n) is 2.99. The number of carbonyl (C=O) groups excluding carboxylic acids is 1. The Morgan fingerprint density at radius 3 is 2.85 bits per heavy atom. The van der Waals surface area contributed by atoms with Crippen molar-refractivity contribution in [3.63, 3.8) is 0 Å². The van der Waals surface area contributed by atoms with Crippen LogP contribution in [0, 0.1) is 10.1 Å². The monoisotopic (exact) mass is 361 g/mol. The summed E-state index contributed by atoms with van der Waals surface area (Å²) in [6.07, 6.45) is 0.487. The second kappa shape index (κ2) is 6.47. The molecule has 1 amide bonds. The molecule has 0 saturated carbocycles. The zero-order valence-electron chi connectivity index (χ0n) is 15.4. The van der Waals surface area contributed by atoms with Gasteiger partial charge in [0.2, 0.25) is 5.95 Å². The molecule has 3 rings (SSSR count). The summed E-state index contributed by atoms with van der Waals surface area (Å²) in [5.41, 5.74) is 0.781. The predicted molar refractivity (Wildman–Crippen MR) is 97.4 cm³/mol. The summed E-state index contributed by atoms with van der Waals surface area (Å²) >= 11 is 0. The standard InChI is InChI=1S/C17H23N5O4/c1-17(2,3)26-16(23)21-8-7-12(10-21)20(4)15-18-13-6-5-11(22(24)25)9-14(13)19-15/h5-6,9,12H,7-8,10H2,1-4H3,(H,18,19)/t12-/m1/s1. The summed E-state index contributed by atoms with van der Waals surface area (Å²) in [5.74, 6) is 0.622. The van der Waals surface area contributed by atoms with Gasteiger partial charge in [0.25, 0.3) is 5.69 Å². The highest BCUT2D eigenvalue weighted by atomic mass is 16.6. The Labute approximate surface area is 151 Å². The third kappa shape index (κ3) is 3.71. The van der Waals surface area contributed by atoms with Crippen LogP contribution in [0.5, 0.6) is 0 Å². The van der Waals surface area contributed by atoms with Gasteiger partial charge < -0.3 is 19.5 Å². The van der Waals surface area contributed by atoms with Gasteiger partial charge in [-0.1, -0.05) is 0 Å². The number of benzene rings is 1. The van der Waals surface area contributed by atoms with E-state index in [0.717, 1.165) is 6.42 Å². The number of aromatic amines is 1. The number of rotatable bonds is 3. The van der Waals surface area contributed by atoms with Crippen LogP contribution in [0.4, 0.5) is 16.4 Å². The first kappa shape index (κ1) is 18.0. The number of nitrogens with zero attached hydrogens (tertiary/aromatic N) is 4. The lowest BCUT2D eigenvalue weighted by molar-refractivity contribution is -0.384. The van der Waals surface area contributed by atoms with E-state index in [0.29, 0.717) is 30.1 Å². The minimum Gasteiger partial charge on any atom is -0.444 e. The number of nitro benzene ring substituents is 1. The highest BCUT2D eigenvalue weighted by Gasteiger charge is 2.32. The maximum atomic E-state index is 12.2. The molecule has 1 aliphatic heterocycles. The largest absolute Gasteiger partial charge is 0.444 e. The number of H-pyrrole nitrogens is 1. The van der Waals surface area contributed by atoms with Crippen molar-refractivity contribution in [2.45, 2.75) is 38.8 Å². The zero-order chi connectivity index (χ0) is 19.1. The predicted octanol–water partition coefficient (Wildman–Crippen LogP) is 2.92. The van der Waals surface area contributed by atoms with E-state index in [2.05, 4.69) is 9.97 Å². The van der Waals surface area contributed by atoms with Crippen molar-refractivity contribution in [1.29, 1.82) is 0 Å². The SMILES string of the molecule is CN(c1nc2ccc([N+](=O)[O-])cc2[nH]1)[C@@H]1CCN(C(=O)OC(C)(C)C)C1. The van der Waals surface area contributed by atoms with Crippen LogP contribution in [0.1, 0.15) is 27.2 Å². The van der Waals surface area contributed by atoms with Crippen molar-refractivity contribution >= 4 is 28.8 Å². The average Bonchev–Trinajstić information content (AvgIpc) is 3.18. The number of imidazole rings is 1. The molecular weight excluding hydrogens is 338 g/mol. The van der Waals surface area contributed by atoms with Crippen LogP contribution in [0.2, 0.25) is 0 Å². The van der Waals surface area contributed by atoms with Crippen molar-refractivity contribution < 1.29 is 14.5 Å². The first-order chi connectivity index (χ1) is 12.1. The van der Waals surface area contributed by atoms with Crippen LogP contribution < -0.4 is 4.90 Å². The van der Waals surface area contributed by atoms with E-state index in [9.17, 15) is 14.9 Å². The molecule has 0 radical (unpaired) electrons. The minimum atomic E-state index is -0.519. The number of likely N-dealkylation sites (N-methyl/N-ethyl adjacent to an activating group) is 1. The number of ether oxygens (including phenoxy) is 1. The Kier molecular flexibility index (Phi) is 4.47. The zero-order valence-corrected chi connectivity index (χ0v) is 15.4. The number of nitro groups is 1. The van der Waals surface area contributed by atoms with E-state index in [4.69, 9.17) is 4.74 Å². The number of hydrogen-bond acceptors (Lipinski definition) is 6. The number of likely N-dealkylation sites (tertiary alicyclic amines) is 1. The van der Waals surface area contributed by atoms with Crippen LogP contribution >= 0.6 is 0 Å². The highest BCUT2D eigenvalue weighted by Crippen LogP contribution is 2.25. The number of carbonyl (C=O) groups is 1. The molecule has 0 unspecified atom stereocenters. The summed E-state index contributed by atoms with van der Waals surface area (Å²) in [6.45, 7) is 6.70. The van der Waals surface area contributed by atoms with Crippen LogP contribution in [0.15, 0.2) is 18.2 Å². The molecule has 1 aromatic carbocycles. The molecule has 1 aromatic heterocycles. The van der Waals surface area contributed by atoms with Gasteiger partial charge in [-0.15, -0.1) is 0 Å². The summed E-state index contributed by atoms with van der Waals surface area (Å²) in [5, 5.41) is 10.9. The smallest absolute Gasteiger partial charge is 0.410 e. The molecule has 2 heterocycles. The van der Waals surface area contributed by atoms with Crippen molar-refractivity contribution in [3.8, 4) is 0 Å². The Hall–Kier alpha value is -2.84. The fourth-order valence-corrected chi connectivity index (χ4v) is 2.99. The second-order valence-electron chi connectivity index (χ2n) is 7.50. The number of anilines is 1. The molecule has 1 fully saturated rings.